The van der Waals surface area contributed by atoms with Gasteiger partial charge in [0.05, 0.1) is 17.2 Å². The van der Waals surface area contributed by atoms with E-state index < -0.39 is 23.7 Å². The van der Waals surface area contributed by atoms with Gasteiger partial charge in [-0.05, 0) is 44.2 Å². The number of thiazole rings is 1. The minimum atomic E-state index is -1.20. The van der Waals surface area contributed by atoms with Gasteiger partial charge in [-0.3, -0.25) is 14.2 Å². The van der Waals surface area contributed by atoms with E-state index in [1.807, 2.05) is 48.5 Å². The van der Waals surface area contributed by atoms with Crippen molar-refractivity contribution in [2.75, 3.05) is 6.61 Å². The lowest BCUT2D eigenvalue weighted by atomic mass is 9.81. The van der Waals surface area contributed by atoms with Gasteiger partial charge in [-0.15, -0.1) is 0 Å². The summed E-state index contributed by atoms with van der Waals surface area (Å²) in [6, 6.07) is 17.8. The third-order valence-electron chi connectivity index (χ3n) is 6.43. The number of hydrogen-bond donors (Lipinski definition) is 0. The molecule has 0 amide bonds. The number of halogens is 1. The Kier molecular flexibility index (Phi) is 5.39. The van der Waals surface area contributed by atoms with Gasteiger partial charge in [0.15, 0.2) is 4.80 Å². The molecule has 4 heterocycles. The van der Waals surface area contributed by atoms with E-state index in [1.54, 1.807) is 36.6 Å². The highest BCUT2D eigenvalue weighted by Gasteiger charge is 2.55. The van der Waals surface area contributed by atoms with Crippen LogP contribution < -0.4 is 19.6 Å². The Morgan fingerprint density at radius 1 is 1.22 bits per heavy atom. The molecule has 0 aliphatic carbocycles. The highest BCUT2D eigenvalue weighted by Crippen LogP contribution is 2.47. The molecule has 2 aliphatic heterocycles. The molecule has 9 heteroatoms. The van der Waals surface area contributed by atoms with Gasteiger partial charge in [-0.1, -0.05) is 53.3 Å². The smallest absolute Gasteiger partial charge is 0.317 e. The van der Waals surface area contributed by atoms with Gasteiger partial charge in [0.1, 0.15) is 23.2 Å². The van der Waals surface area contributed by atoms with Crippen molar-refractivity contribution < 1.29 is 18.7 Å². The normalized spacial score (nSPS) is 22.2. The number of rotatable bonds is 4. The summed E-state index contributed by atoms with van der Waals surface area (Å²) in [6.07, 6.45) is 1.69. The first-order valence-electron chi connectivity index (χ1n) is 11.5. The monoisotopic (exact) mass is 520 g/mol. The fourth-order valence-corrected chi connectivity index (χ4v) is 6.16. The van der Waals surface area contributed by atoms with Crippen LogP contribution in [-0.2, 0) is 9.53 Å². The molecule has 2 bridgehead atoms. The van der Waals surface area contributed by atoms with Crippen LogP contribution in [0, 0.1) is 5.92 Å². The lowest BCUT2D eigenvalue weighted by molar-refractivity contribution is -0.160. The fourth-order valence-electron chi connectivity index (χ4n) is 4.89. The van der Waals surface area contributed by atoms with Crippen LogP contribution in [0.2, 0.25) is 5.02 Å². The first kappa shape index (κ1) is 22.8. The third-order valence-corrected chi connectivity index (χ3v) is 7.65. The zero-order valence-electron chi connectivity index (χ0n) is 19.4. The molecular formula is C27H21ClN2O5S. The van der Waals surface area contributed by atoms with Crippen molar-refractivity contribution >= 4 is 35.0 Å². The van der Waals surface area contributed by atoms with E-state index in [2.05, 4.69) is 0 Å². The Hall–Kier alpha value is -3.62. The maximum Gasteiger partial charge on any atom is 0.317 e. The number of carbonyl (C=O) groups is 1. The van der Waals surface area contributed by atoms with Crippen LogP contribution in [0.4, 0.5) is 0 Å². The number of hydrogen-bond acceptors (Lipinski definition) is 7. The number of nitrogens with zero attached hydrogens (tertiary/aromatic N) is 2. The number of furan rings is 1. The molecule has 0 fully saturated rings. The topological polar surface area (TPSA) is 83.0 Å². The molecule has 0 unspecified atom stereocenters. The maximum atomic E-state index is 13.7. The third kappa shape index (κ3) is 3.60. The fraction of sp³-hybridized carbons (Fsp3) is 0.222. The molecule has 2 aromatic carbocycles. The number of ether oxygens (including phenoxy) is 2. The van der Waals surface area contributed by atoms with Crippen LogP contribution in [0.15, 0.2) is 74.9 Å². The number of carbonyl (C=O) groups excluding carboxylic acids is 1. The molecule has 3 atom stereocenters. The van der Waals surface area contributed by atoms with E-state index in [4.69, 9.17) is 30.5 Å². The van der Waals surface area contributed by atoms with Crippen LogP contribution in [0.25, 0.3) is 17.4 Å². The predicted octanol–water partition coefficient (Wildman–Crippen LogP) is 4.16. The first-order valence-corrected chi connectivity index (χ1v) is 12.7. The van der Waals surface area contributed by atoms with Crippen molar-refractivity contribution in [2.45, 2.75) is 25.6 Å². The van der Waals surface area contributed by atoms with Crippen LogP contribution in [0.1, 0.15) is 31.2 Å². The Labute approximate surface area is 214 Å². The quantitative estimate of drug-likeness (QED) is 0.377. The molecular weight excluding hydrogens is 500 g/mol. The average molecular weight is 521 g/mol. The SMILES string of the molecule is CCOC(=O)[C@H]1[C@H]2c3ccccc3O[C@@]1(C)N=c1s/c(=C/c3ccc(-c4cccc(Cl)c4)o3)c(=O)n12. The second kappa shape index (κ2) is 8.50. The molecule has 2 aromatic heterocycles. The Morgan fingerprint density at radius 2 is 2.06 bits per heavy atom. The first-order chi connectivity index (χ1) is 17.4. The van der Waals surface area contributed by atoms with E-state index in [-0.39, 0.29) is 12.2 Å². The molecule has 7 nitrogen and oxygen atoms in total. The van der Waals surface area contributed by atoms with Crippen molar-refractivity contribution in [3.8, 4) is 17.1 Å². The van der Waals surface area contributed by atoms with Crippen LogP contribution >= 0.6 is 22.9 Å². The Morgan fingerprint density at radius 3 is 2.86 bits per heavy atom. The standard InChI is InChI=1S/C27H21ClN2O5S/c1-3-33-25(32)22-23-18-9-4-5-10-20(18)35-27(22,2)29-26-30(23)24(31)21(36-26)14-17-11-12-19(34-17)15-7-6-8-16(28)13-15/h4-14,22-23H,3H2,1-2H3/b21-14+/t22-,23-,27-/m1/s1. The molecule has 6 rings (SSSR count). The minimum absolute atomic E-state index is 0.220. The summed E-state index contributed by atoms with van der Waals surface area (Å²) >= 11 is 7.35. The highest BCUT2D eigenvalue weighted by molar-refractivity contribution is 7.07. The summed E-state index contributed by atoms with van der Waals surface area (Å²) in [5.74, 6) is 0.505. The zero-order chi connectivity index (χ0) is 25.0. The molecule has 0 radical (unpaired) electrons. The lowest BCUT2D eigenvalue weighted by Crippen LogP contribution is -2.58. The van der Waals surface area contributed by atoms with E-state index >= 15 is 0 Å². The number of aromatic nitrogens is 1. The molecule has 0 N–H and O–H groups in total. The summed E-state index contributed by atoms with van der Waals surface area (Å²) in [5.41, 5.74) is 0.131. The van der Waals surface area contributed by atoms with Crippen LogP contribution in [-0.4, -0.2) is 22.9 Å². The van der Waals surface area contributed by atoms with Gasteiger partial charge in [-0.25, -0.2) is 4.99 Å². The van der Waals surface area contributed by atoms with Gasteiger partial charge in [0, 0.05) is 22.2 Å². The summed E-state index contributed by atoms with van der Waals surface area (Å²) in [5, 5.41) is 0.610. The number of esters is 1. The number of fused-ring (bicyclic) bond motifs is 6. The Bertz CT molecular complexity index is 1690. The van der Waals surface area contributed by atoms with Crippen molar-refractivity contribution in [1.82, 2.24) is 4.57 Å². The van der Waals surface area contributed by atoms with Crippen molar-refractivity contribution in [3.63, 3.8) is 0 Å². The van der Waals surface area contributed by atoms with Gasteiger partial charge in [0.2, 0.25) is 5.72 Å². The summed E-state index contributed by atoms with van der Waals surface area (Å²) in [7, 11) is 0. The van der Waals surface area contributed by atoms with Crippen LogP contribution in [0.3, 0.4) is 0 Å². The minimum Gasteiger partial charge on any atom is -0.466 e. The molecule has 0 saturated carbocycles. The average Bonchev–Trinajstić information content (AvgIpc) is 3.43. The van der Waals surface area contributed by atoms with E-state index in [0.717, 1.165) is 11.1 Å². The molecule has 2 aliphatic rings. The Balaban J connectivity index is 1.50. The van der Waals surface area contributed by atoms with E-state index in [0.29, 0.717) is 31.6 Å². The zero-order valence-corrected chi connectivity index (χ0v) is 21.0. The molecule has 36 heavy (non-hydrogen) atoms. The van der Waals surface area contributed by atoms with Gasteiger partial charge >= 0.3 is 5.97 Å². The summed E-state index contributed by atoms with van der Waals surface area (Å²) < 4.78 is 19.6. The number of para-hydroxylation sites is 1. The molecule has 0 spiro atoms. The van der Waals surface area contributed by atoms with Gasteiger partial charge in [0.25, 0.3) is 5.56 Å². The van der Waals surface area contributed by atoms with Crippen molar-refractivity contribution in [2.24, 2.45) is 10.9 Å². The predicted molar refractivity (Wildman–Crippen MR) is 136 cm³/mol. The second-order valence-corrected chi connectivity index (χ2v) is 10.2. The van der Waals surface area contributed by atoms with Crippen molar-refractivity contribution in [3.05, 3.63) is 96.7 Å². The van der Waals surface area contributed by atoms with Gasteiger partial charge < -0.3 is 13.9 Å². The van der Waals surface area contributed by atoms with Gasteiger partial charge in [-0.2, -0.15) is 0 Å². The molecule has 0 saturated heterocycles. The van der Waals surface area contributed by atoms with Crippen molar-refractivity contribution in [1.29, 1.82) is 0 Å². The van der Waals surface area contributed by atoms with Crippen LogP contribution in [0.5, 0.6) is 5.75 Å². The summed E-state index contributed by atoms with van der Waals surface area (Å²) in [6.45, 7) is 3.73. The summed E-state index contributed by atoms with van der Waals surface area (Å²) in [4.78, 5) is 32.1. The second-order valence-electron chi connectivity index (χ2n) is 8.76. The molecule has 4 aromatic rings. The maximum absolute atomic E-state index is 13.7. The number of benzene rings is 2. The van der Waals surface area contributed by atoms with E-state index in [1.165, 1.54) is 11.3 Å². The lowest BCUT2D eigenvalue weighted by Gasteiger charge is -2.44. The largest absolute Gasteiger partial charge is 0.466 e. The highest BCUT2D eigenvalue weighted by atomic mass is 35.5. The van der Waals surface area contributed by atoms with E-state index in [9.17, 15) is 9.59 Å². The molecule has 182 valence electrons.